The third-order valence-corrected chi connectivity index (χ3v) is 5.20. The summed E-state index contributed by atoms with van der Waals surface area (Å²) >= 11 is 0. The van der Waals surface area contributed by atoms with Gasteiger partial charge in [0.15, 0.2) is 0 Å². The van der Waals surface area contributed by atoms with Crippen molar-refractivity contribution in [2.24, 2.45) is 5.41 Å². The molecule has 1 rings (SSSR count). The molecule has 1 fully saturated rings. The zero-order valence-electron chi connectivity index (χ0n) is 18.5. The molecular weight excluding hydrogens is 342 g/mol. The molecule has 1 heterocycles. The maximum atomic E-state index is 11.7. The van der Waals surface area contributed by atoms with E-state index in [4.69, 9.17) is 9.47 Å². The van der Waals surface area contributed by atoms with Crippen molar-refractivity contribution in [1.29, 1.82) is 0 Å². The highest BCUT2D eigenvalue weighted by atomic mass is 16.5. The minimum Gasteiger partial charge on any atom is -0.378 e. The van der Waals surface area contributed by atoms with Gasteiger partial charge in [0, 0.05) is 30.1 Å². The third-order valence-electron chi connectivity index (χ3n) is 5.20. The lowest BCUT2D eigenvalue weighted by Crippen LogP contribution is -2.50. The number of nitrogens with zero attached hydrogens (tertiary/aromatic N) is 1. The van der Waals surface area contributed by atoms with Crippen LogP contribution in [0.4, 0.5) is 0 Å². The number of nitrogens with one attached hydrogen (secondary N) is 2. The van der Waals surface area contributed by atoms with Crippen molar-refractivity contribution in [1.82, 2.24) is 15.5 Å². The summed E-state index contributed by atoms with van der Waals surface area (Å²) in [5.41, 5.74) is -0.106. The number of carbonyl (C=O) groups excluding carboxylic acids is 1. The molecule has 0 aromatic rings. The molecule has 0 unspecified atom stereocenters. The smallest absolute Gasteiger partial charge is 0.225 e. The van der Waals surface area contributed by atoms with Crippen LogP contribution in [-0.2, 0) is 14.3 Å². The second kappa shape index (κ2) is 12.0. The molecule has 1 amide bonds. The molecule has 1 saturated heterocycles. The van der Waals surface area contributed by atoms with Crippen LogP contribution in [0.2, 0.25) is 0 Å². The van der Waals surface area contributed by atoms with Gasteiger partial charge in [-0.15, -0.1) is 0 Å². The van der Waals surface area contributed by atoms with E-state index in [2.05, 4.69) is 36.3 Å². The van der Waals surface area contributed by atoms with E-state index in [9.17, 15) is 4.79 Å². The molecule has 160 valence electrons. The number of piperidine rings is 1. The first-order valence-corrected chi connectivity index (χ1v) is 10.6. The highest BCUT2D eigenvalue weighted by molar-refractivity contribution is 5.81. The number of amides is 1. The van der Waals surface area contributed by atoms with Gasteiger partial charge in [-0.1, -0.05) is 27.7 Å². The first-order valence-electron chi connectivity index (χ1n) is 10.6. The van der Waals surface area contributed by atoms with Gasteiger partial charge in [0.1, 0.15) is 0 Å². The lowest BCUT2D eigenvalue weighted by Gasteiger charge is -2.37. The molecule has 0 aliphatic carbocycles. The summed E-state index contributed by atoms with van der Waals surface area (Å²) in [5.74, 6) is 0.0552. The summed E-state index contributed by atoms with van der Waals surface area (Å²) in [6.07, 6.45) is 3.59. The Hall–Kier alpha value is -0.690. The Morgan fingerprint density at radius 1 is 1.00 bits per heavy atom. The van der Waals surface area contributed by atoms with Gasteiger partial charge in [-0.25, -0.2) is 0 Å². The van der Waals surface area contributed by atoms with Crippen molar-refractivity contribution in [3.63, 3.8) is 0 Å². The molecular formula is C21H43N3O3. The van der Waals surface area contributed by atoms with Crippen LogP contribution in [0, 0.1) is 5.41 Å². The second-order valence-corrected chi connectivity index (χ2v) is 9.23. The summed E-state index contributed by atoms with van der Waals surface area (Å²) in [6.45, 7) is 18.8. The number of hydrogen-bond donors (Lipinski definition) is 2. The van der Waals surface area contributed by atoms with E-state index in [0.29, 0.717) is 32.4 Å². The number of rotatable bonds is 12. The lowest BCUT2D eigenvalue weighted by molar-refractivity contribution is -0.128. The van der Waals surface area contributed by atoms with Crippen LogP contribution in [0.1, 0.15) is 60.8 Å². The standard InChI is InChI=1S/C21H43N3O3/c1-7-21(5,6)23-18-8-11-24(12-9-18)13-15-27-17-16-26-14-10-22-19(25)20(2,3)4/h18,23H,7-17H2,1-6H3,(H,22,25). The summed E-state index contributed by atoms with van der Waals surface area (Å²) in [4.78, 5) is 14.2. The zero-order chi connectivity index (χ0) is 20.3. The van der Waals surface area contributed by atoms with Crippen LogP contribution in [0.5, 0.6) is 0 Å². The minimum atomic E-state index is -0.347. The van der Waals surface area contributed by atoms with E-state index < -0.39 is 0 Å². The summed E-state index contributed by atoms with van der Waals surface area (Å²) in [5, 5.41) is 6.65. The Morgan fingerprint density at radius 2 is 1.59 bits per heavy atom. The average Bonchev–Trinajstić information content (AvgIpc) is 2.60. The minimum absolute atomic E-state index is 0.0552. The van der Waals surface area contributed by atoms with Gasteiger partial charge >= 0.3 is 0 Å². The van der Waals surface area contributed by atoms with Crippen molar-refractivity contribution >= 4 is 5.91 Å². The summed E-state index contributed by atoms with van der Waals surface area (Å²) in [7, 11) is 0. The predicted octanol–water partition coefficient (Wildman–Crippen LogP) is 2.42. The van der Waals surface area contributed by atoms with E-state index in [1.54, 1.807) is 0 Å². The summed E-state index contributed by atoms with van der Waals surface area (Å²) in [6, 6.07) is 0.643. The average molecular weight is 386 g/mol. The van der Waals surface area contributed by atoms with Crippen molar-refractivity contribution in [3.8, 4) is 0 Å². The van der Waals surface area contributed by atoms with E-state index in [-0.39, 0.29) is 16.9 Å². The molecule has 0 radical (unpaired) electrons. The molecule has 1 aliphatic heterocycles. The Kier molecular flexibility index (Phi) is 10.8. The maximum absolute atomic E-state index is 11.7. The first kappa shape index (κ1) is 24.3. The quantitative estimate of drug-likeness (QED) is 0.505. The van der Waals surface area contributed by atoms with Gasteiger partial charge in [0.05, 0.1) is 26.4 Å². The van der Waals surface area contributed by atoms with Gasteiger partial charge in [-0.05, 0) is 46.2 Å². The highest BCUT2D eigenvalue weighted by Gasteiger charge is 2.24. The van der Waals surface area contributed by atoms with E-state index in [1.807, 2.05) is 20.8 Å². The predicted molar refractivity (Wildman–Crippen MR) is 111 cm³/mol. The number of carbonyl (C=O) groups is 1. The van der Waals surface area contributed by atoms with Gasteiger partial charge in [0.2, 0.25) is 5.91 Å². The second-order valence-electron chi connectivity index (χ2n) is 9.23. The lowest BCUT2D eigenvalue weighted by atomic mass is 9.96. The fourth-order valence-corrected chi connectivity index (χ4v) is 2.97. The van der Waals surface area contributed by atoms with Gasteiger partial charge in [0.25, 0.3) is 0 Å². The number of hydrogen-bond acceptors (Lipinski definition) is 5. The van der Waals surface area contributed by atoms with Crippen LogP contribution in [0.3, 0.4) is 0 Å². The Bertz CT molecular complexity index is 413. The molecule has 0 spiro atoms. The Balaban J connectivity index is 1.94. The fourth-order valence-electron chi connectivity index (χ4n) is 2.97. The molecule has 0 saturated carbocycles. The molecule has 0 aromatic heterocycles. The first-order chi connectivity index (χ1) is 12.6. The van der Waals surface area contributed by atoms with Crippen LogP contribution in [-0.4, -0.2) is 75.0 Å². The number of ether oxygens (including phenoxy) is 2. The Morgan fingerprint density at radius 3 is 2.15 bits per heavy atom. The van der Waals surface area contributed by atoms with Gasteiger partial charge < -0.3 is 25.0 Å². The molecule has 6 heteroatoms. The van der Waals surface area contributed by atoms with Crippen molar-refractivity contribution < 1.29 is 14.3 Å². The molecule has 0 atom stereocenters. The molecule has 2 N–H and O–H groups in total. The third kappa shape index (κ3) is 11.0. The maximum Gasteiger partial charge on any atom is 0.225 e. The van der Waals surface area contributed by atoms with Crippen molar-refractivity contribution in [2.75, 3.05) is 52.6 Å². The zero-order valence-corrected chi connectivity index (χ0v) is 18.5. The number of likely N-dealkylation sites (tertiary alicyclic amines) is 1. The molecule has 6 nitrogen and oxygen atoms in total. The van der Waals surface area contributed by atoms with E-state index in [0.717, 1.165) is 32.7 Å². The van der Waals surface area contributed by atoms with Crippen molar-refractivity contribution in [3.05, 3.63) is 0 Å². The molecule has 27 heavy (non-hydrogen) atoms. The topological polar surface area (TPSA) is 62.8 Å². The monoisotopic (exact) mass is 385 g/mol. The van der Waals surface area contributed by atoms with E-state index >= 15 is 0 Å². The SMILES string of the molecule is CCC(C)(C)NC1CCN(CCOCCOCCNC(=O)C(C)(C)C)CC1. The van der Waals surface area contributed by atoms with Crippen LogP contribution < -0.4 is 10.6 Å². The fraction of sp³-hybridized carbons (Fsp3) is 0.952. The van der Waals surface area contributed by atoms with Gasteiger partial charge in [-0.2, -0.15) is 0 Å². The van der Waals surface area contributed by atoms with Crippen LogP contribution in [0.15, 0.2) is 0 Å². The summed E-state index contributed by atoms with van der Waals surface area (Å²) < 4.78 is 11.2. The highest BCUT2D eigenvalue weighted by Crippen LogP contribution is 2.16. The van der Waals surface area contributed by atoms with Crippen LogP contribution in [0.25, 0.3) is 0 Å². The van der Waals surface area contributed by atoms with E-state index in [1.165, 1.54) is 12.8 Å². The normalized spacial score (nSPS) is 17.3. The molecule has 0 bridgehead atoms. The van der Waals surface area contributed by atoms with Gasteiger partial charge in [-0.3, -0.25) is 4.79 Å². The van der Waals surface area contributed by atoms with Crippen molar-refractivity contribution in [2.45, 2.75) is 72.4 Å². The Labute approximate surface area is 166 Å². The molecule has 1 aliphatic rings. The van der Waals surface area contributed by atoms with Crippen LogP contribution >= 0.6 is 0 Å². The molecule has 0 aromatic carbocycles. The largest absolute Gasteiger partial charge is 0.378 e.